The van der Waals surface area contributed by atoms with E-state index in [1.165, 1.54) is 0 Å². The number of halogens is 1. The Morgan fingerprint density at radius 2 is 1.96 bits per heavy atom. The van der Waals surface area contributed by atoms with Gasteiger partial charge in [-0.05, 0) is 49.2 Å². The van der Waals surface area contributed by atoms with Crippen molar-refractivity contribution in [3.8, 4) is 5.75 Å². The molecule has 5 nitrogen and oxygen atoms in total. The molecule has 0 aliphatic carbocycles. The first-order valence-electron chi connectivity index (χ1n) is 8.57. The van der Waals surface area contributed by atoms with Crippen molar-refractivity contribution >= 4 is 29.1 Å². The first kappa shape index (κ1) is 18.3. The fourth-order valence-corrected chi connectivity index (χ4v) is 3.32. The van der Waals surface area contributed by atoms with E-state index < -0.39 is 0 Å². The molecule has 1 aliphatic rings. The van der Waals surface area contributed by atoms with Gasteiger partial charge in [-0.3, -0.25) is 9.59 Å². The van der Waals surface area contributed by atoms with E-state index in [2.05, 4.69) is 0 Å². The number of hydrogen-bond donors (Lipinski definition) is 1. The smallest absolute Gasteiger partial charge is 0.246 e. The third-order valence-corrected chi connectivity index (χ3v) is 4.82. The van der Waals surface area contributed by atoms with Crippen LogP contribution in [-0.4, -0.2) is 41.0 Å². The largest absolute Gasteiger partial charge is 0.508 e. The zero-order chi connectivity index (χ0) is 18.7. The minimum atomic E-state index is -0.108. The molecular formula is C20H21ClN2O3. The van der Waals surface area contributed by atoms with Crippen molar-refractivity contribution in [3.63, 3.8) is 0 Å². The number of piperazine rings is 1. The Hall–Kier alpha value is -2.53. The van der Waals surface area contributed by atoms with Crippen molar-refractivity contribution in [1.82, 2.24) is 4.90 Å². The zero-order valence-corrected chi connectivity index (χ0v) is 15.3. The molecule has 26 heavy (non-hydrogen) atoms. The molecule has 2 amide bonds. The lowest BCUT2D eigenvalue weighted by molar-refractivity contribution is -0.139. The van der Waals surface area contributed by atoms with Crippen LogP contribution in [0, 0.1) is 0 Å². The first-order chi connectivity index (χ1) is 12.4. The molecule has 0 spiro atoms. The second-order valence-electron chi connectivity index (χ2n) is 6.52. The summed E-state index contributed by atoms with van der Waals surface area (Å²) in [7, 11) is 0. The highest BCUT2D eigenvalue weighted by molar-refractivity contribution is 6.30. The molecule has 1 fully saturated rings. The maximum atomic E-state index is 12.6. The first-order valence-corrected chi connectivity index (χ1v) is 8.95. The van der Waals surface area contributed by atoms with Gasteiger partial charge in [0.05, 0.1) is 0 Å². The van der Waals surface area contributed by atoms with Crippen molar-refractivity contribution < 1.29 is 14.7 Å². The van der Waals surface area contributed by atoms with Crippen molar-refractivity contribution in [2.24, 2.45) is 0 Å². The molecule has 2 aromatic carbocycles. The molecule has 1 heterocycles. The van der Waals surface area contributed by atoms with E-state index in [1.807, 2.05) is 19.1 Å². The number of carbonyl (C=O) groups is 2. The molecule has 0 saturated carbocycles. The summed E-state index contributed by atoms with van der Waals surface area (Å²) in [5, 5.41) is 9.89. The number of benzene rings is 2. The van der Waals surface area contributed by atoms with E-state index >= 15 is 0 Å². The SMILES string of the molecule is C[C@@H]1CN(c2cccc(Cl)c2)C(=O)CN1C(=O)CCc1ccc(O)cc1. The Bertz CT molecular complexity index is 807. The molecule has 0 aromatic heterocycles. The summed E-state index contributed by atoms with van der Waals surface area (Å²) >= 11 is 6.02. The number of nitrogens with zero attached hydrogens (tertiary/aromatic N) is 2. The van der Waals surface area contributed by atoms with Gasteiger partial charge in [0.25, 0.3) is 0 Å². The number of phenols is 1. The fourth-order valence-electron chi connectivity index (χ4n) is 3.14. The average Bonchev–Trinajstić information content (AvgIpc) is 2.62. The van der Waals surface area contributed by atoms with Crippen LogP contribution < -0.4 is 4.90 Å². The second kappa shape index (κ2) is 7.79. The Kier molecular flexibility index (Phi) is 5.47. The van der Waals surface area contributed by atoms with Crippen molar-refractivity contribution in [2.45, 2.75) is 25.8 Å². The van der Waals surface area contributed by atoms with Gasteiger partial charge in [0.1, 0.15) is 12.3 Å². The van der Waals surface area contributed by atoms with Gasteiger partial charge in [0.15, 0.2) is 0 Å². The second-order valence-corrected chi connectivity index (χ2v) is 6.96. The quantitative estimate of drug-likeness (QED) is 0.896. The van der Waals surface area contributed by atoms with Gasteiger partial charge in [-0.2, -0.15) is 0 Å². The van der Waals surface area contributed by atoms with Crippen LogP contribution in [0.1, 0.15) is 18.9 Å². The minimum Gasteiger partial charge on any atom is -0.508 e. The number of anilines is 1. The van der Waals surface area contributed by atoms with Crippen molar-refractivity contribution in [1.29, 1.82) is 0 Å². The monoisotopic (exact) mass is 372 g/mol. The average molecular weight is 373 g/mol. The maximum absolute atomic E-state index is 12.6. The van der Waals surface area contributed by atoms with Gasteiger partial charge in [0.2, 0.25) is 11.8 Å². The molecule has 1 N–H and O–H groups in total. The lowest BCUT2D eigenvalue weighted by atomic mass is 10.1. The third-order valence-electron chi connectivity index (χ3n) is 4.59. The van der Waals surface area contributed by atoms with Gasteiger partial charge in [-0.25, -0.2) is 0 Å². The predicted molar refractivity (Wildman–Crippen MR) is 101 cm³/mol. The summed E-state index contributed by atoms with van der Waals surface area (Å²) in [6, 6.07) is 13.9. The molecule has 3 rings (SSSR count). The molecule has 0 radical (unpaired) electrons. The van der Waals surface area contributed by atoms with Gasteiger partial charge >= 0.3 is 0 Å². The topological polar surface area (TPSA) is 60.9 Å². The highest BCUT2D eigenvalue weighted by Gasteiger charge is 2.32. The molecule has 1 atom stereocenters. The van der Waals surface area contributed by atoms with Crippen LogP contribution >= 0.6 is 11.6 Å². The van der Waals surface area contributed by atoms with Gasteiger partial charge in [0, 0.05) is 29.7 Å². The van der Waals surface area contributed by atoms with Crippen molar-refractivity contribution in [3.05, 3.63) is 59.1 Å². The van der Waals surface area contributed by atoms with Gasteiger partial charge < -0.3 is 14.9 Å². The molecule has 0 bridgehead atoms. The van der Waals surface area contributed by atoms with E-state index in [4.69, 9.17) is 11.6 Å². The molecule has 1 aliphatic heterocycles. The minimum absolute atomic E-state index is 0.0373. The number of amides is 2. The number of hydrogen-bond acceptors (Lipinski definition) is 3. The van der Waals surface area contributed by atoms with Crippen LogP contribution in [0.2, 0.25) is 5.02 Å². The van der Waals surface area contributed by atoms with Crippen LogP contribution in [0.25, 0.3) is 0 Å². The van der Waals surface area contributed by atoms with Crippen LogP contribution in [0.4, 0.5) is 5.69 Å². The lowest BCUT2D eigenvalue weighted by Crippen LogP contribution is -2.57. The molecule has 6 heteroatoms. The Labute approximate surface area is 157 Å². The Morgan fingerprint density at radius 1 is 1.23 bits per heavy atom. The zero-order valence-electron chi connectivity index (χ0n) is 14.6. The number of phenolic OH excluding ortho intramolecular Hbond substituents is 1. The van der Waals surface area contributed by atoms with Crippen molar-refractivity contribution in [2.75, 3.05) is 18.0 Å². The molecular weight excluding hydrogens is 352 g/mol. The summed E-state index contributed by atoms with van der Waals surface area (Å²) in [4.78, 5) is 28.4. The van der Waals surface area contributed by atoms with E-state index in [-0.39, 0.29) is 30.2 Å². The van der Waals surface area contributed by atoms with Crippen LogP contribution in [0.3, 0.4) is 0 Å². The Balaban J connectivity index is 1.62. The van der Waals surface area contributed by atoms with E-state index in [1.54, 1.807) is 46.2 Å². The molecule has 2 aromatic rings. The number of aromatic hydroxyl groups is 1. The van der Waals surface area contributed by atoms with Crippen LogP contribution in [-0.2, 0) is 16.0 Å². The highest BCUT2D eigenvalue weighted by atomic mass is 35.5. The summed E-state index contributed by atoms with van der Waals surface area (Å²) in [6.45, 7) is 2.47. The predicted octanol–water partition coefficient (Wildman–Crippen LogP) is 3.24. The number of rotatable bonds is 4. The summed E-state index contributed by atoms with van der Waals surface area (Å²) in [5.41, 5.74) is 1.73. The van der Waals surface area contributed by atoms with E-state index in [0.717, 1.165) is 11.3 Å². The molecule has 1 saturated heterocycles. The maximum Gasteiger partial charge on any atom is 0.246 e. The van der Waals surface area contributed by atoms with Gasteiger partial charge in [-0.1, -0.05) is 29.8 Å². The van der Waals surface area contributed by atoms with Crippen LogP contribution in [0.5, 0.6) is 5.75 Å². The number of carbonyl (C=O) groups excluding carboxylic acids is 2. The summed E-state index contributed by atoms with van der Waals surface area (Å²) in [5.74, 6) is 0.0597. The van der Waals surface area contributed by atoms with E-state index in [0.29, 0.717) is 24.4 Å². The highest BCUT2D eigenvalue weighted by Crippen LogP contribution is 2.24. The molecule has 136 valence electrons. The van der Waals surface area contributed by atoms with Gasteiger partial charge in [-0.15, -0.1) is 0 Å². The van der Waals surface area contributed by atoms with Crippen LogP contribution in [0.15, 0.2) is 48.5 Å². The molecule has 0 unspecified atom stereocenters. The Morgan fingerprint density at radius 3 is 2.65 bits per heavy atom. The fraction of sp³-hybridized carbons (Fsp3) is 0.300. The van der Waals surface area contributed by atoms with E-state index in [9.17, 15) is 14.7 Å². The summed E-state index contributed by atoms with van der Waals surface area (Å²) in [6.07, 6.45) is 0.911. The summed E-state index contributed by atoms with van der Waals surface area (Å²) < 4.78 is 0. The standard InChI is InChI=1S/C20H21ClN2O3/c1-14-12-23(17-4-2-3-16(21)11-17)20(26)13-22(14)19(25)10-7-15-5-8-18(24)9-6-15/h2-6,8-9,11,14,24H,7,10,12-13H2,1H3/t14-/m1/s1. The normalized spacial score (nSPS) is 17.5. The third kappa shape index (κ3) is 4.17. The lowest BCUT2D eigenvalue weighted by Gasteiger charge is -2.39. The number of aryl methyl sites for hydroxylation is 1.